The zero-order valence-electron chi connectivity index (χ0n) is 17.2. The van der Waals surface area contributed by atoms with Gasteiger partial charge in [-0.2, -0.15) is 0 Å². The van der Waals surface area contributed by atoms with Crippen molar-refractivity contribution in [3.63, 3.8) is 0 Å². The van der Waals surface area contributed by atoms with Crippen molar-refractivity contribution >= 4 is 18.0 Å². The van der Waals surface area contributed by atoms with Crippen molar-refractivity contribution in [2.45, 2.75) is 37.8 Å². The first-order valence-corrected chi connectivity index (χ1v) is 10.2. The van der Waals surface area contributed by atoms with Crippen LogP contribution in [0, 0.1) is 0 Å². The molecule has 0 saturated carbocycles. The summed E-state index contributed by atoms with van der Waals surface area (Å²) in [6, 6.07) is 15.1. The second-order valence-corrected chi connectivity index (χ2v) is 7.43. The van der Waals surface area contributed by atoms with Crippen LogP contribution in [0.25, 0.3) is 11.1 Å². The summed E-state index contributed by atoms with van der Waals surface area (Å²) in [5.74, 6) is -1.76. The van der Waals surface area contributed by atoms with Gasteiger partial charge in [0.05, 0.1) is 12.5 Å². The third kappa shape index (κ3) is 5.40. The van der Waals surface area contributed by atoms with Crippen LogP contribution in [0.3, 0.4) is 0 Å². The van der Waals surface area contributed by atoms with Crippen LogP contribution in [-0.2, 0) is 14.3 Å². The highest BCUT2D eigenvalue weighted by molar-refractivity contribution is 5.85. The molecule has 0 saturated heterocycles. The smallest absolute Gasteiger partial charge is 0.407 e. The molecule has 8 heteroatoms. The summed E-state index contributed by atoms with van der Waals surface area (Å²) >= 11 is 0. The highest BCUT2D eigenvalue weighted by atomic mass is 16.5. The summed E-state index contributed by atoms with van der Waals surface area (Å²) in [5.41, 5.74) is 4.43. The summed E-state index contributed by atoms with van der Waals surface area (Å²) in [6.07, 6.45) is -2.08. The second kappa shape index (κ2) is 10.1. The molecule has 2 atom stereocenters. The van der Waals surface area contributed by atoms with Gasteiger partial charge in [0.2, 0.25) is 5.91 Å². The van der Waals surface area contributed by atoms with Crippen LogP contribution < -0.4 is 10.6 Å². The van der Waals surface area contributed by atoms with Gasteiger partial charge in [0.15, 0.2) is 0 Å². The fourth-order valence-corrected chi connectivity index (χ4v) is 3.75. The van der Waals surface area contributed by atoms with Gasteiger partial charge in [-0.25, -0.2) is 4.79 Å². The number of amides is 2. The number of ether oxygens (including phenoxy) is 1. The molecule has 0 bridgehead atoms. The molecule has 0 heterocycles. The standard InChI is InChI=1S/C23H26N2O6/c1-2-20(22(29)24-12-14(26)11-21(27)28)25-23(30)31-13-19-17-9-5-3-7-15(17)16-8-4-6-10-18(16)19/h3-10,14,19-20,26H,2,11-13H2,1H3,(H,24,29)(H,25,30)(H,27,28)/t14?,20-/m1/s1. The molecule has 0 spiro atoms. The minimum atomic E-state index is -1.20. The summed E-state index contributed by atoms with van der Waals surface area (Å²) in [5, 5.41) is 23.2. The van der Waals surface area contributed by atoms with E-state index in [2.05, 4.69) is 10.6 Å². The largest absolute Gasteiger partial charge is 0.481 e. The van der Waals surface area contributed by atoms with Gasteiger partial charge in [0.25, 0.3) is 0 Å². The van der Waals surface area contributed by atoms with Crippen LogP contribution in [0.2, 0.25) is 0 Å². The monoisotopic (exact) mass is 426 g/mol. The number of aliphatic hydroxyl groups is 1. The van der Waals surface area contributed by atoms with Gasteiger partial charge in [-0.05, 0) is 28.7 Å². The fraction of sp³-hybridized carbons (Fsp3) is 0.348. The first-order chi connectivity index (χ1) is 14.9. The average molecular weight is 426 g/mol. The van der Waals surface area contributed by atoms with E-state index in [-0.39, 0.29) is 19.1 Å². The Hall–Kier alpha value is -3.39. The van der Waals surface area contributed by atoms with E-state index in [1.54, 1.807) is 6.92 Å². The number of benzene rings is 2. The van der Waals surface area contributed by atoms with Crippen LogP contribution in [0.15, 0.2) is 48.5 Å². The molecule has 164 valence electrons. The number of hydrogen-bond donors (Lipinski definition) is 4. The molecule has 4 N–H and O–H groups in total. The zero-order valence-corrected chi connectivity index (χ0v) is 17.2. The number of carboxylic acid groups (broad SMARTS) is 1. The Balaban J connectivity index is 1.56. The third-order valence-electron chi connectivity index (χ3n) is 5.28. The summed E-state index contributed by atoms with van der Waals surface area (Å²) in [6.45, 7) is 1.64. The molecule has 0 fully saturated rings. The predicted molar refractivity (Wildman–Crippen MR) is 114 cm³/mol. The van der Waals surface area contributed by atoms with E-state index in [0.717, 1.165) is 22.3 Å². The van der Waals surface area contributed by atoms with Crippen molar-refractivity contribution in [1.29, 1.82) is 0 Å². The van der Waals surface area contributed by atoms with E-state index < -0.39 is 36.5 Å². The van der Waals surface area contributed by atoms with Gasteiger partial charge >= 0.3 is 12.1 Å². The molecule has 1 aliphatic carbocycles. The Bertz CT molecular complexity index is 915. The lowest BCUT2D eigenvalue weighted by molar-refractivity contribution is -0.139. The molecule has 2 aromatic rings. The lowest BCUT2D eigenvalue weighted by atomic mass is 9.98. The third-order valence-corrected chi connectivity index (χ3v) is 5.28. The van der Waals surface area contributed by atoms with Gasteiger partial charge < -0.3 is 25.6 Å². The number of aliphatic hydroxyl groups excluding tert-OH is 1. The number of carbonyl (C=O) groups excluding carboxylic acids is 2. The molecular formula is C23H26N2O6. The van der Waals surface area contributed by atoms with Crippen molar-refractivity contribution < 1.29 is 29.3 Å². The molecule has 31 heavy (non-hydrogen) atoms. The van der Waals surface area contributed by atoms with Crippen LogP contribution in [0.4, 0.5) is 4.79 Å². The highest BCUT2D eigenvalue weighted by Crippen LogP contribution is 2.44. The number of hydrogen-bond acceptors (Lipinski definition) is 5. The van der Waals surface area contributed by atoms with Crippen molar-refractivity contribution in [2.75, 3.05) is 13.2 Å². The van der Waals surface area contributed by atoms with Crippen LogP contribution in [0.1, 0.15) is 36.8 Å². The Labute approximate surface area is 180 Å². The number of carbonyl (C=O) groups is 3. The van der Waals surface area contributed by atoms with Crippen molar-refractivity contribution in [3.8, 4) is 11.1 Å². The number of fused-ring (bicyclic) bond motifs is 3. The van der Waals surface area contributed by atoms with Crippen LogP contribution >= 0.6 is 0 Å². The first kappa shape index (κ1) is 22.3. The maximum atomic E-state index is 12.3. The Morgan fingerprint density at radius 3 is 2.16 bits per heavy atom. The second-order valence-electron chi connectivity index (χ2n) is 7.43. The summed E-state index contributed by atoms with van der Waals surface area (Å²) < 4.78 is 5.44. The molecule has 0 radical (unpaired) electrons. The van der Waals surface area contributed by atoms with E-state index in [1.165, 1.54) is 0 Å². The maximum absolute atomic E-state index is 12.3. The summed E-state index contributed by atoms with van der Waals surface area (Å²) in [7, 11) is 0. The predicted octanol–water partition coefficient (Wildman–Crippen LogP) is 2.26. The highest BCUT2D eigenvalue weighted by Gasteiger charge is 2.29. The summed E-state index contributed by atoms with van der Waals surface area (Å²) in [4.78, 5) is 35.2. The van der Waals surface area contributed by atoms with E-state index >= 15 is 0 Å². The Morgan fingerprint density at radius 2 is 1.61 bits per heavy atom. The molecule has 0 aromatic heterocycles. The molecule has 8 nitrogen and oxygen atoms in total. The van der Waals surface area contributed by atoms with Crippen LogP contribution in [0.5, 0.6) is 0 Å². The molecule has 1 aliphatic rings. The average Bonchev–Trinajstić information content (AvgIpc) is 3.07. The molecule has 0 aliphatic heterocycles. The first-order valence-electron chi connectivity index (χ1n) is 10.2. The van der Waals surface area contributed by atoms with E-state index in [4.69, 9.17) is 9.84 Å². The topological polar surface area (TPSA) is 125 Å². The van der Waals surface area contributed by atoms with Crippen molar-refractivity contribution in [1.82, 2.24) is 10.6 Å². The number of carboxylic acids is 1. The minimum absolute atomic E-state index is 0.0850. The van der Waals surface area contributed by atoms with Crippen LogP contribution in [-0.4, -0.2) is 53.5 Å². The van der Waals surface area contributed by atoms with E-state index in [9.17, 15) is 19.5 Å². The number of alkyl carbamates (subject to hydrolysis) is 1. The van der Waals surface area contributed by atoms with Crippen molar-refractivity contribution in [3.05, 3.63) is 59.7 Å². The van der Waals surface area contributed by atoms with Gasteiger partial charge in [-0.3, -0.25) is 9.59 Å². The number of nitrogens with one attached hydrogen (secondary N) is 2. The normalized spacial score (nSPS) is 14.1. The maximum Gasteiger partial charge on any atom is 0.407 e. The number of aliphatic carboxylic acids is 1. The Morgan fingerprint density at radius 1 is 1.03 bits per heavy atom. The van der Waals surface area contributed by atoms with Gasteiger partial charge in [-0.1, -0.05) is 55.5 Å². The van der Waals surface area contributed by atoms with Crippen molar-refractivity contribution in [2.24, 2.45) is 0 Å². The molecule has 3 rings (SSSR count). The molecule has 1 unspecified atom stereocenters. The van der Waals surface area contributed by atoms with Gasteiger partial charge in [0, 0.05) is 12.5 Å². The lowest BCUT2D eigenvalue weighted by Crippen LogP contribution is -2.48. The van der Waals surface area contributed by atoms with E-state index in [0.29, 0.717) is 6.42 Å². The lowest BCUT2D eigenvalue weighted by Gasteiger charge is -2.19. The fourth-order valence-electron chi connectivity index (χ4n) is 3.75. The molecular weight excluding hydrogens is 400 g/mol. The molecule has 2 amide bonds. The minimum Gasteiger partial charge on any atom is -0.481 e. The Kier molecular flexibility index (Phi) is 7.25. The van der Waals surface area contributed by atoms with E-state index in [1.807, 2.05) is 48.5 Å². The zero-order chi connectivity index (χ0) is 22.4. The van der Waals surface area contributed by atoms with Gasteiger partial charge in [-0.15, -0.1) is 0 Å². The quantitative estimate of drug-likeness (QED) is 0.487. The SMILES string of the molecule is CC[C@@H](NC(=O)OCC1c2ccccc2-c2ccccc21)C(=O)NCC(O)CC(=O)O. The number of rotatable bonds is 9. The van der Waals surface area contributed by atoms with Gasteiger partial charge in [0.1, 0.15) is 12.6 Å². The molecule has 2 aromatic carbocycles.